The van der Waals surface area contributed by atoms with Gasteiger partial charge >= 0.3 is 0 Å². The first-order valence-electron chi connectivity index (χ1n) is 8.76. The molecular formula is C22H24N2O3. The lowest BCUT2D eigenvalue weighted by molar-refractivity contribution is -0.134. The molecule has 0 heterocycles. The predicted octanol–water partition coefficient (Wildman–Crippen LogP) is 2.85. The van der Waals surface area contributed by atoms with Crippen LogP contribution in [-0.2, 0) is 14.3 Å². The third-order valence-corrected chi connectivity index (χ3v) is 3.93. The lowest BCUT2D eigenvalue weighted by Crippen LogP contribution is -2.36. The second kappa shape index (κ2) is 10.8. The zero-order valence-electron chi connectivity index (χ0n) is 15.7. The van der Waals surface area contributed by atoms with Crippen LogP contribution >= 0.6 is 0 Å². The number of anilines is 1. The van der Waals surface area contributed by atoms with E-state index in [0.29, 0.717) is 18.8 Å². The molecule has 5 nitrogen and oxygen atoms in total. The number of hydrogen-bond acceptors (Lipinski definition) is 3. The summed E-state index contributed by atoms with van der Waals surface area (Å²) in [5.74, 6) is 5.40. The monoisotopic (exact) mass is 364 g/mol. The number of ether oxygens (including phenoxy) is 1. The van der Waals surface area contributed by atoms with Crippen LogP contribution in [0.3, 0.4) is 0 Å². The summed E-state index contributed by atoms with van der Waals surface area (Å²) >= 11 is 0. The molecule has 0 atom stereocenters. The fourth-order valence-electron chi connectivity index (χ4n) is 2.41. The van der Waals surface area contributed by atoms with Gasteiger partial charge in [0.25, 0.3) is 0 Å². The summed E-state index contributed by atoms with van der Waals surface area (Å²) in [5.41, 5.74) is 2.54. The van der Waals surface area contributed by atoms with Gasteiger partial charge in [-0.25, -0.2) is 0 Å². The van der Waals surface area contributed by atoms with Gasteiger partial charge in [0.1, 0.15) is 6.42 Å². The highest BCUT2D eigenvalue weighted by molar-refractivity contribution is 6.03. The summed E-state index contributed by atoms with van der Waals surface area (Å²) in [6.07, 6.45) is -0.231. The number of carbonyl (C=O) groups is 2. The Morgan fingerprint density at radius 2 is 1.78 bits per heavy atom. The third kappa shape index (κ3) is 6.96. The molecule has 0 aromatic heterocycles. The number of para-hydroxylation sites is 1. The number of amides is 2. The van der Waals surface area contributed by atoms with Gasteiger partial charge in [-0.1, -0.05) is 48.2 Å². The smallest absolute Gasteiger partial charge is 0.233 e. The van der Waals surface area contributed by atoms with Crippen molar-refractivity contribution in [3.8, 4) is 11.8 Å². The summed E-state index contributed by atoms with van der Waals surface area (Å²) in [6, 6.07) is 17.0. The largest absolute Gasteiger partial charge is 0.383 e. The van der Waals surface area contributed by atoms with Crippen LogP contribution < -0.4 is 5.32 Å². The number of nitrogens with one attached hydrogen (secondary N) is 1. The van der Waals surface area contributed by atoms with Gasteiger partial charge in [0.2, 0.25) is 11.8 Å². The van der Waals surface area contributed by atoms with E-state index in [1.165, 1.54) is 4.90 Å². The Morgan fingerprint density at radius 3 is 2.48 bits per heavy atom. The van der Waals surface area contributed by atoms with E-state index in [2.05, 4.69) is 17.2 Å². The van der Waals surface area contributed by atoms with E-state index in [-0.39, 0.29) is 24.8 Å². The summed E-state index contributed by atoms with van der Waals surface area (Å²) in [5, 5.41) is 2.78. The Labute approximate surface area is 160 Å². The molecule has 0 aliphatic carbocycles. The highest BCUT2D eigenvalue weighted by Crippen LogP contribution is 2.13. The predicted molar refractivity (Wildman–Crippen MR) is 106 cm³/mol. The lowest BCUT2D eigenvalue weighted by atomic mass is 10.2. The molecule has 1 N–H and O–H groups in total. The molecule has 0 bridgehead atoms. The molecular weight excluding hydrogens is 340 g/mol. The van der Waals surface area contributed by atoms with Crippen LogP contribution in [0.15, 0.2) is 54.6 Å². The second-order valence-corrected chi connectivity index (χ2v) is 6.02. The van der Waals surface area contributed by atoms with Crippen LogP contribution in [0, 0.1) is 18.8 Å². The fraction of sp³-hybridized carbons (Fsp3) is 0.273. The van der Waals surface area contributed by atoms with Crippen LogP contribution in [0.5, 0.6) is 0 Å². The van der Waals surface area contributed by atoms with Crippen LogP contribution in [-0.4, -0.2) is 43.5 Å². The number of hydrogen-bond donors (Lipinski definition) is 1. The molecule has 0 saturated carbocycles. The van der Waals surface area contributed by atoms with Gasteiger partial charge in [-0.15, -0.1) is 0 Å². The number of aryl methyl sites for hydroxylation is 1. The SMILES string of the molecule is COCCN(CC#Cc1ccccc1)C(=O)CC(=O)Nc1ccccc1C. The molecule has 0 aliphatic heterocycles. The van der Waals surface area contributed by atoms with Crippen molar-refractivity contribution in [2.75, 3.05) is 32.1 Å². The Kier molecular flexibility index (Phi) is 8.08. The van der Waals surface area contributed by atoms with Gasteiger partial charge in [0, 0.05) is 24.9 Å². The first-order valence-corrected chi connectivity index (χ1v) is 8.76. The molecule has 0 saturated heterocycles. The molecule has 27 heavy (non-hydrogen) atoms. The van der Waals surface area contributed by atoms with E-state index in [4.69, 9.17) is 4.74 Å². The van der Waals surface area contributed by atoms with E-state index in [9.17, 15) is 9.59 Å². The van der Waals surface area contributed by atoms with Crippen molar-refractivity contribution in [3.63, 3.8) is 0 Å². The second-order valence-electron chi connectivity index (χ2n) is 6.02. The lowest BCUT2D eigenvalue weighted by Gasteiger charge is -2.19. The normalized spacial score (nSPS) is 9.85. The van der Waals surface area contributed by atoms with E-state index in [1.54, 1.807) is 7.11 Å². The maximum Gasteiger partial charge on any atom is 0.233 e. The number of methoxy groups -OCH3 is 1. The van der Waals surface area contributed by atoms with E-state index in [1.807, 2.05) is 61.5 Å². The average molecular weight is 364 g/mol. The summed E-state index contributed by atoms with van der Waals surface area (Å²) in [6.45, 7) is 2.92. The van der Waals surface area contributed by atoms with E-state index in [0.717, 1.165) is 11.1 Å². The minimum atomic E-state index is -0.340. The topological polar surface area (TPSA) is 58.6 Å². The van der Waals surface area contributed by atoms with Crippen molar-refractivity contribution >= 4 is 17.5 Å². The van der Waals surface area contributed by atoms with Crippen LogP contribution in [0.2, 0.25) is 0 Å². The molecule has 5 heteroatoms. The van der Waals surface area contributed by atoms with Crippen LogP contribution in [0.25, 0.3) is 0 Å². The maximum absolute atomic E-state index is 12.5. The Hall–Kier alpha value is -3.10. The molecule has 2 amide bonds. The van der Waals surface area contributed by atoms with Crippen molar-refractivity contribution in [3.05, 3.63) is 65.7 Å². The average Bonchev–Trinajstić information content (AvgIpc) is 2.67. The highest BCUT2D eigenvalue weighted by atomic mass is 16.5. The first-order chi connectivity index (χ1) is 13.1. The van der Waals surface area contributed by atoms with E-state index < -0.39 is 0 Å². The van der Waals surface area contributed by atoms with E-state index >= 15 is 0 Å². The van der Waals surface area contributed by atoms with Crippen LogP contribution in [0.4, 0.5) is 5.69 Å². The molecule has 0 radical (unpaired) electrons. The third-order valence-electron chi connectivity index (χ3n) is 3.93. The highest BCUT2D eigenvalue weighted by Gasteiger charge is 2.17. The van der Waals surface area contributed by atoms with Gasteiger partial charge in [-0.2, -0.15) is 0 Å². The number of carbonyl (C=O) groups excluding carboxylic acids is 2. The minimum Gasteiger partial charge on any atom is -0.383 e. The molecule has 2 aromatic rings. The molecule has 0 aliphatic rings. The quantitative estimate of drug-likeness (QED) is 0.607. The van der Waals surface area contributed by atoms with Crippen molar-refractivity contribution < 1.29 is 14.3 Å². The fourth-order valence-corrected chi connectivity index (χ4v) is 2.41. The molecule has 140 valence electrons. The zero-order chi connectivity index (χ0) is 19.5. The molecule has 0 fully saturated rings. The molecule has 0 unspecified atom stereocenters. The van der Waals surface area contributed by atoms with Gasteiger partial charge in [0.05, 0.1) is 13.2 Å². The van der Waals surface area contributed by atoms with Crippen molar-refractivity contribution in [2.24, 2.45) is 0 Å². The van der Waals surface area contributed by atoms with Gasteiger partial charge < -0.3 is 15.0 Å². The summed E-state index contributed by atoms with van der Waals surface area (Å²) in [4.78, 5) is 26.3. The molecule has 2 aromatic carbocycles. The number of rotatable bonds is 7. The Morgan fingerprint density at radius 1 is 1.07 bits per heavy atom. The van der Waals surface area contributed by atoms with Gasteiger partial charge in [-0.3, -0.25) is 9.59 Å². The summed E-state index contributed by atoms with van der Waals surface area (Å²) < 4.78 is 5.06. The number of benzene rings is 2. The first kappa shape index (κ1) is 20.2. The zero-order valence-corrected chi connectivity index (χ0v) is 15.7. The summed E-state index contributed by atoms with van der Waals surface area (Å²) in [7, 11) is 1.57. The van der Waals surface area contributed by atoms with Crippen molar-refractivity contribution in [1.29, 1.82) is 0 Å². The number of nitrogens with zero attached hydrogens (tertiary/aromatic N) is 1. The molecule has 0 spiro atoms. The van der Waals surface area contributed by atoms with Crippen LogP contribution in [0.1, 0.15) is 17.5 Å². The molecule has 2 rings (SSSR count). The Balaban J connectivity index is 1.96. The van der Waals surface area contributed by atoms with Gasteiger partial charge in [-0.05, 0) is 30.7 Å². The Bertz CT molecular complexity index is 822. The minimum absolute atomic E-state index is 0.231. The standard InChI is InChI=1S/C22H24N2O3/c1-18-9-6-7-13-20(18)23-21(25)17-22(26)24(15-16-27-2)14-8-12-19-10-4-3-5-11-19/h3-7,9-11,13H,14-17H2,1-2H3,(H,23,25). The maximum atomic E-state index is 12.5. The van der Waals surface area contributed by atoms with Crippen molar-refractivity contribution in [2.45, 2.75) is 13.3 Å². The van der Waals surface area contributed by atoms with Crippen molar-refractivity contribution in [1.82, 2.24) is 4.90 Å². The van der Waals surface area contributed by atoms with Gasteiger partial charge in [0.15, 0.2) is 0 Å².